The summed E-state index contributed by atoms with van der Waals surface area (Å²) in [4.78, 5) is 10.8. The lowest BCUT2D eigenvalue weighted by atomic mass is 10.0. The summed E-state index contributed by atoms with van der Waals surface area (Å²) in [6.07, 6.45) is 1.44. The molecule has 2 nitrogen and oxygen atoms in total. The van der Waals surface area contributed by atoms with E-state index in [9.17, 15) is 4.79 Å². The maximum atomic E-state index is 10.8. The van der Waals surface area contributed by atoms with Crippen molar-refractivity contribution in [1.82, 2.24) is 0 Å². The highest BCUT2D eigenvalue weighted by Crippen LogP contribution is 2.17. The fourth-order valence-electron chi connectivity index (χ4n) is 1.39. The monoisotopic (exact) mass is 192 g/mol. The zero-order chi connectivity index (χ0) is 10.6. The molecule has 1 aromatic rings. The Morgan fingerprint density at radius 3 is 2.64 bits per heavy atom. The van der Waals surface area contributed by atoms with Crippen molar-refractivity contribution in [2.24, 2.45) is 0 Å². The Labute approximate surface area is 84.9 Å². The van der Waals surface area contributed by atoms with E-state index in [1.165, 1.54) is 11.1 Å². The summed E-state index contributed by atoms with van der Waals surface area (Å²) in [5.41, 5.74) is 2.41. The Hall–Kier alpha value is -1.31. The number of aryl methyl sites for hydroxylation is 2. The normalized spacial score (nSPS) is 9.93. The Kier molecular flexibility index (Phi) is 3.69. The minimum atomic E-state index is 0.236. The molecule has 0 bridgehead atoms. The quantitative estimate of drug-likeness (QED) is 0.732. The molecule has 0 aromatic heterocycles. The maximum Gasteiger partial charge on any atom is 0.130 e. The standard InChI is InChI=1S/C12H16O2/c1-9-8-12(14-3)7-6-11(9)5-4-10(2)13/h6-8H,4-5H2,1-3H3. The number of carbonyl (C=O) groups excluding carboxylic acids is 1. The minimum absolute atomic E-state index is 0.236. The van der Waals surface area contributed by atoms with Crippen molar-refractivity contribution in [3.05, 3.63) is 29.3 Å². The van der Waals surface area contributed by atoms with Gasteiger partial charge in [-0.3, -0.25) is 0 Å². The second-order valence-corrected chi connectivity index (χ2v) is 3.49. The van der Waals surface area contributed by atoms with Crippen LogP contribution in [0.2, 0.25) is 0 Å². The molecule has 0 heterocycles. The summed E-state index contributed by atoms with van der Waals surface area (Å²) in [5, 5.41) is 0. The summed E-state index contributed by atoms with van der Waals surface area (Å²) in [7, 11) is 1.66. The van der Waals surface area contributed by atoms with Crippen LogP contribution in [0.3, 0.4) is 0 Å². The summed E-state index contributed by atoms with van der Waals surface area (Å²) in [6, 6.07) is 5.95. The predicted octanol–water partition coefficient (Wildman–Crippen LogP) is 2.53. The predicted molar refractivity (Wildman–Crippen MR) is 56.7 cm³/mol. The van der Waals surface area contributed by atoms with Crippen LogP contribution in [-0.4, -0.2) is 12.9 Å². The molecule has 0 N–H and O–H groups in total. The molecule has 0 radical (unpaired) electrons. The number of benzene rings is 1. The molecule has 0 unspecified atom stereocenters. The summed E-state index contributed by atoms with van der Waals surface area (Å²) < 4.78 is 5.11. The van der Waals surface area contributed by atoms with Gasteiger partial charge in [-0.15, -0.1) is 0 Å². The van der Waals surface area contributed by atoms with Gasteiger partial charge in [-0.05, 0) is 43.5 Å². The number of carbonyl (C=O) groups is 1. The first-order chi connectivity index (χ1) is 6.63. The Bertz CT molecular complexity index is 329. The summed E-state index contributed by atoms with van der Waals surface area (Å²) in [6.45, 7) is 3.66. The molecule has 14 heavy (non-hydrogen) atoms. The average molecular weight is 192 g/mol. The van der Waals surface area contributed by atoms with E-state index in [1.807, 2.05) is 25.1 Å². The van der Waals surface area contributed by atoms with E-state index in [4.69, 9.17) is 4.74 Å². The summed E-state index contributed by atoms with van der Waals surface area (Å²) in [5.74, 6) is 1.11. The van der Waals surface area contributed by atoms with Gasteiger partial charge in [-0.25, -0.2) is 0 Å². The van der Waals surface area contributed by atoms with Crippen LogP contribution in [0, 0.1) is 6.92 Å². The Morgan fingerprint density at radius 1 is 1.43 bits per heavy atom. The third kappa shape index (κ3) is 2.87. The highest BCUT2D eigenvalue weighted by molar-refractivity contribution is 5.75. The maximum absolute atomic E-state index is 10.8. The molecule has 0 atom stereocenters. The number of Topliss-reactive ketones (excluding diaryl/α,β-unsaturated/α-hetero) is 1. The van der Waals surface area contributed by atoms with Crippen LogP contribution in [0.15, 0.2) is 18.2 Å². The molecule has 0 aliphatic carbocycles. The van der Waals surface area contributed by atoms with Gasteiger partial charge >= 0.3 is 0 Å². The van der Waals surface area contributed by atoms with Crippen LogP contribution in [0.5, 0.6) is 5.75 Å². The number of hydrogen-bond donors (Lipinski definition) is 0. The molecular formula is C12H16O2. The highest BCUT2D eigenvalue weighted by Gasteiger charge is 2.01. The van der Waals surface area contributed by atoms with Crippen LogP contribution in [0.4, 0.5) is 0 Å². The molecule has 1 aromatic carbocycles. The van der Waals surface area contributed by atoms with E-state index in [0.717, 1.165) is 12.2 Å². The van der Waals surface area contributed by atoms with Gasteiger partial charge in [0.1, 0.15) is 11.5 Å². The third-order valence-electron chi connectivity index (χ3n) is 2.30. The first-order valence-electron chi connectivity index (χ1n) is 4.76. The molecule has 0 aliphatic rings. The van der Waals surface area contributed by atoms with Gasteiger partial charge in [0, 0.05) is 6.42 Å². The number of ketones is 1. The molecule has 1 rings (SSSR count). The van der Waals surface area contributed by atoms with Crippen molar-refractivity contribution in [1.29, 1.82) is 0 Å². The molecule has 0 spiro atoms. The fourth-order valence-corrected chi connectivity index (χ4v) is 1.39. The second-order valence-electron chi connectivity index (χ2n) is 3.49. The SMILES string of the molecule is COc1ccc(CCC(C)=O)c(C)c1. The van der Waals surface area contributed by atoms with E-state index in [-0.39, 0.29) is 5.78 Å². The van der Waals surface area contributed by atoms with Gasteiger partial charge in [0.2, 0.25) is 0 Å². The van der Waals surface area contributed by atoms with Crippen molar-refractivity contribution in [2.45, 2.75) is 26.7 Å². The van der Waals surface area contributed by atoms with Crippen LogP contribution >= 0.6 is 0 Å². The van der Waals surface area contributed by atoms with Crippen LogP contribution in [0.25, 0.3) is 0 Å². The number of rotatable bonds is 4. The second kappa shape index (κ2) is 4.80. The number of methoxy groups -OCH3 is 1. The van der Waals surface area contributed by atoms with Gasteiger partial charge in [0.25, 0.3) is 0 Å². The Balaban J connectivity index is 2.73. The highest BCUT2D eigenvalue weighted by atomic mass is 16.5. The molecule has 76 valence electrons. The van der Waals surface area contributed by atoms with Crippen molar-refractivity contribution < 1.29 is 9.53 Å². The first kappa shape index (κ1) is 10.8. The van der Waals surface area contributed by atoms with Crippen LogP contribution in [0.1, 0.15) is 24.5 Å². The smallest absolute Gasteiger partial charge is 0.130 e. The fraction of sp³-hybridized carbons (Fsp3) is 0.417. The molecule has 0 saturated heterocycles. The van der Waals surface area contributed by atoms with E-state index in [0.29, 0.717) is 6.42 Å². The minimum Gasteiger partial charge on any atom is -0.497 e. The molecule has 2 heteroatoms. The van der Waals surface area contributed by atoms with Crippen LogP contribution in [-0.2, 0) is 11.2 Å². The van der Waals surface area contributed by atoms with Gasteiger partial charge in [0.05, 0.1) is 7.11 Å². The largest absolute Gasteiger partial charge is 0.497 e. The average Bonchev–Trinajstić information content (AvgIpc) is 2.15. The molecular weight excluding hydrogens is 176 g/mol. The zero-order valence-electron chi connectivity index (χ0n) is 8.96. The van der Waals surface area contributed by atoms with Gasteiger partial charge in [-0.2, -0.15) is 0 Å². The Morgan fingerprint density at radius 2 is 2.14 bits per heavy atom. The summed E-state index contributed by atoms with van der Waals surface area (Å²) >= 11 is 0. The number of hydrogen-bond acceptors (Lipinski definition) is 2. The molecule has 0 saturated carbocycles. The lowest BCUT2D eigenvalue weighted by molar-refractivity contribution is -0.116. The van der Waals surface area contributed by atoms with E-state index < -0.39 is 0 Å². The van der Waals surface area contributed by atoms with Crippen molar-refractivity contribution in [3.63, 3.8) is 0 Å². The van der Waals surface area contributed by atoms with E-state index in [1.54, 1.807) is 14.0 Å². The third-order valence-corrected chi connectivity index (χ3v) is 2.30. The van der Waals surface area contributed by atoms with E-state index in [2.05, 4.69) is 0 Å². The topological polar surface area (TPSA) is 26.3 Å². The number of ether oxygens (including phenoxy) is 1. The zero-order valence-corrected chi connectivity index (χ0v) is 8.96. The van der Waals surface area contributed by atoms with Gasteiger partial charge in [-0.1, -0.05) is 6.07 Å². The molecule has 0 fully saturated rings. The lowest BCUT2D eigenvalue weighted by Crippen LogP contribution is -1.96. The van der Waals surface area contributed by atoms with Crippen LogP contribution < -0.4 is 4.74 Å². The molecule has 0 amide bonds. The van der Waals surface area contributed by atoms with E-state index >= 15 is 0 Å². The van der Waals surface area contributed by atoms with Gasteiger partial charge in [0.15, 0.2) is 0 Å². The van der Waals surface area contributed by atoms with Gasteiger partial charge < -0.3 is 9.53 Å². The van der Waals surface area contributed by atoms with Crippen molar-refractivity contribution in [3.8, 4) is 5.75 Å². The lowest BCUT2D eigenvalue weighted by Gasteiger charge is -2.06. The molecule has 0 aliphatic heterocycles. The van der Waals surface area contributed by atoms with Crippen molar-refractivity contribution >= 4 is 5.78 Å². The van der Waals surface area contributed by atoms with Crippen molar-refractivity contribution in [2.75, 3.05) is 7.11 Å². The first-order valence-corrected chi connectivity index (χ1v) is 4.76.